The molecule has 3 heteroatoms. The molecule has 0 saturated carbocycles. The number of rotatable bonds is 0. The van der Waals surface area contributed by atoms with Gasteiger partial charge in [-0.1, -0.05) is 37.0 Å². The van der Waals surface area contributed by atoms with Crippen molar-refractivity contribution in [2.24, 2.45) is 0 Å². The molecule has 0 aliphatic rings. The number of hydrogen-bond donors (Lipinski definition) is 1. The first-order valence-corrected chi connectivity index (χ1v) is 4.15. The molecule has 1 nitrogen and oxygen atoms in total. The lowest BCUT2D eigenvalue weighted by atomic mass is 10.3. The number of nitrogen functional groups attached to an aromatic ring is 1. The topological polar surface area (TPSA) is 26.0 Å². The van der Waals surface area contributed by atoms with E-state index in [1.165, 1.54) is 0 Å². The highest BCUT2D eigenvalue weighted by Gasteiger charge is 1.91. The molecule has 62 valence electrons. The van der Waals surface area contributed by atoms with Crippen LogP contribution in [0.25, 0.3) is 0 Å². The van der Waals surface area contributed by atoms with E-state index in [0.717, 1.165) is 0 Å². The van der Waals surface area contributed by atoms with Crippen molar-refractivity contribution in [1.82, 2.24) is 0 Å². The zero-order valence-electron chi connectivity index (χ0n) is 6.57. The van der Waals surface area contributed by atoms with E-state index in [0.29, 0.717) is 15.7 Å². The van der Waals surface area contributed by atoms with Crippen LogP contribution < -0.4 is 5.73 Å². The molecule has 0 bridgehead atoms. The summed E-state index contributed by atoms with van der Waals surface area (Å²) in [6.45, 7) is 4.00. The Hall–Kier alpha value is -0.400. The minimum absolute atomic E-state index is 0.569. The van der Waals surface area contributed by atoms with Crippen LogP contribution in [-0.2, 0) is 0 Å². The van der Waals surface area contributed by atoms with Crippen LogP contribution in [0.4, 0.5) is 5.69 Å². The average Bonchev–Trinajstić information content (AvgIpc) is 1.88. The highest BCUT2D eigenvalue weighted by Crippen LogP contribution is 2.19. The van der Waals surface area contributed by atoms with Crippen LogP contribution in [0.2, 0.25) is 10.0 Å². The largest absolute Gasteiger partial charge is 0.399 e. The number of nitrogens with two attached hydrogens (primary N) is 1. The van der Waals surface area contributed by atoms with Crippen molar-refractivity contribution in [3.05, 3.63) is 28.2 Å². The van der Waals surface area contributed by atoms with Gasteiger partial charge in [0.2, 0.25) is 0 Å². The lowest BCUT2D eigenvalue weighted by Crippen LogP contribution is -1.82. The summed E-state index contributed by atoms with van der Waals surface area (Å²) in [4.78, 5) is 0. The molecule has 0 saturated heterocycles. The molecule has 0 spiro atoms. The van der Waals surface area contributed by atoms with Crippen molar-refractivity contribution in [2.75, 3.05) is 5.73 Å². The molecule has 0 aliphatic carbocycles. The summed E-state index contributed by atoms with van der Waals surface area (Å²) in [5, 5.41) is 1.14. The molecule has 0 fully saturated rings. The fraction of sp³-hybridized carbons (Fsp3) is 0.250. The maximum absolute atomic E-state index is 5.59. The molecule has 0 atom stereocenters. The van der Waals surface area contributed by atoms with E-state index < -0.39 is 0 Å². The van der Waals surface area contributed by atoms with Gasteiger partial charge in [-0.25, -0.2) is 0 Å². The first kappa shape index (κ1) is 10.6. The smallest absolute Gasteiger partial charge is 0.0441 e. The van der Waals surface area contributed by atoms with Gasteiger partial charge in [-0.15, -0.1) is 0 Å². The Morgan fingerprint density at radius 3 is 1.64 bits per heavy atom. The zero-order chi connectivity index (χ0) is 8.85. The van der Waals surface area contributed by atoms with Gasteiger partial charge in [-0.2, -0.15) is 0 Å². The standard InChI is InChI=1S/C6H5Cl2N.C2H6/c7-4-1-5(8)3-6(9)2-4;1-2/h1-3H,9H2;1-2H3. The second-order valence-corrected chi connectivity index (χ2v) is 2.58. The van der Waals surface area contributed by atoms with Gasteiger partial charge in [0, 0.05) is 15.7 Å². The lowest BCUT2D eigenvalue weighted by molar-refractivity contribution is 1.50. The van der Waals surface area contributed by atoms with E-state index in [4.69, 9.17) is 28.9 Å². The minimum atomic E-state index is 0.569. The van der Waals surface area contributed by atoms with Crippen molar-refractivity contribution in [3.63, 3.8) is 0 Å². The molecule has 0 amide bonds. The fourth-order valence-corrected chi connectivity index (χ4v) is 1.12. The number of hydrogen-bond acceptors (Lipinski definition) is 1. The molecule has 0 unspecified atom stereocenters. The van der Waals surface area contributed by atoms with Gasteiger partial charge in [-0.3, -0.25) is 0 Å². The molecule has 0 aromatic heterocycles. The van der Waals surface area contributed by atoms with Gasteiger partial charge in [0.1, 0.15) is 0 Å². The van der Waals surface area contributed by atoms with Crippen LogP contribution in [0.3, 0.4) is 0 Å². The van der Waals surface area contributed by atoms with Crippen molar-refractivity contribution in [1.29, 1.82) is 0 Å². The van der Waals surface area contributed by atoms with Crippen LogP contribution in [0, 0.1) is 0 Å². The number of anilines is 1. The van der Waals surface area contributed by atoms with Crippen LogP contribution in [-0.4, -0.2) is 0 Å². The Bertz CT molecular complexity index is 173. The summed E-state index contributed by atoms with van der Waals surface area (Å²) in [6.07, 6.45) is 0. The minimum Gasteiger partial charge on any atom is -0.399 e. The number of halogens is 2. The van der Waals surface area contributed by atoms with Crippen molar-refractivity contribution >= 4 is 28.9 Å². The number of benzene rings is 1. The summed E-state index contributed by atoms with van der Waals surface area (Å²) in [5.74, 6) is 0. The van der Waals surface area contributed by atoms with Crippen molar-refractivity contribution < 1.29 is 0 Å². The van der Waals surface area contributed by atoms with E-state index in [2.05, 4.69) is 0 Å². The fourth-order valence-electron chi connectivity index (χ4n) is 0.575. The van der Waals surface area contributed by atoms with Crippen LogP contribution in [0.5, 0.6) is 0 Å². The highest BCUT2D eigenvalue weighted by molar-refractivity contribution is 6.35. The van der Waals surface area contributed by atoms with E-state index in [-0.39, 0.29) is 0 Å². The van der Waals surface area contributed by atoms with Gasteiger partial charge in [-0.05, 0) is 18.2 Å². The summed E-state index contributed by atoms with van der Waals surface area (Å²) < 4.78 is 0. The predicted octanol–water partition coefficient (Wildman–Crippen LogP) is 3.60. The van der Waals surface area contributed by atoms with E-state index in [1.54, 1.807) is 18.2 Å². The van der Waals surface area contributed by atoms with Crippen molar-refractivity contribution in [2.45, 2.75) is 13.8 Å². The summed E-state index contributed by atoms with van der Waals surface area (Å²) in [5.41, 5.74) is 5.98. The molecule has 1 rings (SSSR count). The lowest BCUT2D eigenvalue weighted by Gasteiger charge is -1.93. The summed E-state index contributed by atoms with van der Waals surface area (Å²) >= 11 is 11.2. The van der Waals surface area contributed by atoms with Crippen molar-refractivity contribution in [3.8, 4) is 0 Å². The summed E-state index contributed by atoms with van der Waals surface area (Å²) in [7, 11) is 0. The van der Waals surface area contributed by atoms with Crippen LogP contribution in [0.15, 0.2) is 18.2 Å². The third-order valence-corrected chi connectivity index (χ3v) is 1.32. The maximum Gasteiger partial charge on any atom is 0.0441 e. The molecular formula is C8H11Cl2N. The van der Waals surface area contributed by atoms with Crippen LogP contribution in [0.1, 0.15) is 13.8 Å². The van der Waals surface area contributed by atoms with Gasteiger partial charge in [0.15, 0.2) is 0 Å². The molecule has 0 heterocycles. The molecule has 1 aromatic rings. The second-order valence-electron chi connectivity index (χ2n) is 1.70. The molecule has 2 N–H and O–H groups in total. The molecule has 11 heavy (non-hydrogen) atoms. The third kappa shape index (κ3) is 4.12. The first-order chi connectivity index (χ1) is 5.18. The molecule has 0 radical (unpaired) electrons. The zero-order valence-corrected chi connectivity index (χ0v) is 8.08. The first-order valence-electron chi connectivity index (χ1n) is 3.40. The van der Waals surface area contributed by atoms with Crippen LogP contribution >= 0.6 is 23.2 Å². The predicted molar refractivity (Wildman–Crippen MR) is 52.2 cm³/mol. The highest BCUT2D eigenvalue weighted by atomic mass is 35.5. The van der Waals surface area contributed by atoms with Gasteiger partial charge >= 0.3 is 0 Å². The molecular weight excluding hydrogens is 181 g/mol. The quantitative estimate of drug-likeness (QED) is 0.624. The molecule has 1 aromatic carbocycles. The third-order valence-electron chi connectivity index (χ3n) is 0.885. The average molecular weight is 192 g/mol. The van der Waals surface area contributed by atoms with E-state index >= 15 is 0 Å². The summed E-state index contributed by atoms with van der Waals surface area (Å²) in [6, 6.07) is 4.93. The van der Waals surface area contributed by atoms with E-state index in [9.17, 15) is 0 Å². The molecule has 0 aliphatic heterocycles. The normalized spacial score (nSPS) is 8.36. The maximum atomic E-state index is 5.59. The van der Waals surface area contributed by atoms with Gasteiger partial charge in [0.25, 0.3) is 0 Å². The Morgan fingerprint density at radius 1 is 1.00 bits per heavy atom. The SMILES string of the molecule is CC.Nc1cc(Cl)cc(Cl)c1. The monoisotopic (exact) mass is 191 g/mol. The van der Waals surface area contributed by atoms with E-state index in [1.807, 2.05) is 13.8 Å². The second kappa shape index (κ2) is 5.28. The van der Waals surface area contributed by atoms with Gasteiger partial charge in [0.05, 0.1) is 0 Å². The Kier molecular flexibility index (Phi) is 5.08. The Labute approximate surface area is 77.1 Å². The Balaban J connectivity index is 0.000000461. The Morgan fingerprint density at radius 2 is 1.36 bits per heavy atom. The van der Waals surface area contributed by atoms with Gasteiger partial charge < -0.3 is 5.73 Å².